The second-order valence-corrected chi connectivity index (χ2v) is 4.42. The molecule has 0 aromatic heterocycles. The van der Waals surface area contributed by atoms with Crippen LogP contribution in [0.25, 0.3) is 0 Å². The second-order valence-electron chi connectivity index (χ2n) is 4.02. The first kappa shape index (κ1) is 11.2. The van der Waals surface area contributed by atoms with Crippen LogP contribution >= 0.6 is 12.2 Å². The lowest BCUT2D eigenvalue weighted by Gasteiger charge is -2.20. The molecule has 1 saturated carbocycles. The number of primary amides is 1. The molecule has 0 saturated heterocycles. The SMILES string of the molecule is CC(C)C(NC(=S)NC1CC1)C(N)=O. The molecular weight excluding hydrogens is 198 g/mol. The lowest BCUT2D eigenvalue weighted by atomic mass is 10.0. The maximum Gasteiger partial charge on any atom is 0.240 e. The molecular formula is C9H17N3OS. The van der Waals surface area contributed by atoms with E-state index in [1.165, 1.54) is 0 Å². The molecule has 0 bridgehead atoms. The van der Waals surface area contributed by atoms with Crippen LogP contribution in [0, 0.1) is 5.92 Å². The van der Waals surface area contributed by atoms with E-state index < -0.39 is 0 Å². The molecule has 80 valence electrons. The van der Waals surface area contributed by atoms with Crippen molar-refractivity contribution in [1.82, 2.24) is 10.6 Å². The molecule has 1 atom stereocenters. The van der Waals surface area contributed by atoms with E-state index in [4.69, 9.17) is 18.0 Å². The molecule has 1 aliphatic carbocycles. The van der Waals surface area contributed by atoms with Crippen molar-refractivity contribution in [3.05, 3.63) is 0 Å². The Morgan fingerprint density at radius 2 is 2.07 bits per heavy atom. The maximum atomic E-state index is 11.1. The number of carbonyl (C=O) groups excluding carboxylic acids is 1. The quantitative estimate of drug-likeness (QED) is 0.583. The van der Waals surface area contributed by atoms with Crippen LogP contribution in [0.1, 0.15) is 26.7 Å². The monoisotopic (exact) mass is 215 g/mol. The Labute approximate surface area is 89.6 Å². The zero-order valence-corrected chi connectivity index (χ0v) is 9.36. The summed E-state index contributed by atoms with van der Waals surface area (Å²) < 4.78 is 0. The van der Waals surface area contributed by atoms with E-state index in [0.29, 0.717) is 11.2 Å². The zero-order valence-electron chi connectivity index (χ0n) is 8.54. The maximum absolute atomic E-state index is 11.1. The first-order valence-corrected chi connectivity index (χ1v) is 5.28. The predicted molar refractivity (Wildman–Crippen MR) is 59.7 cm³/mol. The van der Waals surface area contributed by atoms with Gasteiger partial charge in [0.05, 0.1) is 0 Å². The first-order valence-electron chi connectivity index (χ1n) is 4.87. The average molecular weight is 215 g/mol. The van der Waals surface area contributed by atoms with Crippen molar-refractivity contribution < 1.29 is 4.79 Å². The van der Waals surface area contributed by atoms with E-state index in [-0.39, 0.29) is 17.9 Å². The minimum absolute atomic E-state index is 0.145. The minimum Gasteiger partial charge on any atom is -0.368 e. The van der Waals surface area contributed by atoms with Gasteiger partial charge in [-0.1, -0.05) is 13.8 Å². The molecule has 5 heteroatoms. The fourth-order valence-corrected chi connectivity index (χ4v) is 1.46. The Morgan fingerprint density at radius 1 is 1.50 bits per heavy atom. The van der Waals surface area contributed by atoms with Crippen LogP contribution in [0.15, 0.2) is 0 Å². The summed E-state index contributed by atoms with van der Waals surface area (Å²) in [6, 6.07) is 0.115. The molecule has 1 fully saturated rings. The van der Waals surface area contributed by atoms with Gasteiger partial charge in [-0.2, -0.15) is 0 Å². The van der Waals surface area contributed by atoms with Crippen molar-refractivity contribution in [2.75, 3.05) is 0 Å². The number of rotatable bonds is 4. The Balaban J connectivity index is 2.37. The zero-order chi connectivity index (χ0) is 10.7. The fourth-order valence-electron chi connectivity index (χ4n) is 1.16. The van der Waals surface area contributed by atoms with Gasteiger partial charge >= 0.3 is 0 Å². The third-order valence-electron chi connectivity index (χ3n) is 2.17. The molecule has 0 heterocycles. The number of carbonyl (C=O) groups is 1. The summed E-state index contributed by atoms with van der Waals surface area (Å²) in [5.74, 6) is -0.216. The van der Waals surface area contributed by atoms with Crippen LogP contribution in [0.5, 0.6) is 0 Å². The van der Waals surface area contributed by atoms with Crippen LogP contribution < -0.4 is 16.4 Å². The van der Waals surface area contributed by atoms with Gasteiger partial charge in [0, 0.05) is 6.04 Å². The van der Waals surface area contributed by atoms with Crippen molar-refractivity contribution in [2.24, 2.45) is 11.7 Å². The molecule has 1 rings (SSSR count). The van der Waals surface area contributed by atoms with E-state index in [9.17, 15) is 4.79 Å². The molecule has 4 nitrogen and oxygen atoms in total. The number of thiocarbonyl (C=S) groups is 1. The number of hydrogen-bond acceptors (Lipinski definition) is 2. The molecule has 0 aromatic carbocycles. The van der Waals surface area contributed by atoms with Gasteiger partial charge in [0.1, 0.15) is 6.04 Å². The van der Waals surface area contributed by atoms with Gasteiger partial charge in [-0.25, -0.2) is 0 Å². The third kappa shape index (κ3) is 3.49. The van der Waals surface area contributed by atoms with Crippen molar-refractivity contribution in [3.63, 3.8) is 0 Å². The lowest BCUT2D eigenvalue weighted by Crippen LogP contribution is -2.51. The Hall–Kier alpha value is -0.840. The van der Waals surface area contributed by atoms with E-state index in [1.807, 2.05) is 13.8 Å². The molecule has 0 aromatic rings. The summed E-state index contributed by atoms with van der Waals surface area (Å²) in [6.07, 6.45) is 2.31. The molecule has 14 heavy (non-hydrogen) atoms. The van der Waals surface area contributed by atoms with Crippen LogP contribution in [-0.4, -0.2) is 23.1 Å². The van der Waals surface area contributed by atoms with Gasteiger partial charge < -0.3 is 16.4 Å². The molecule has 0 aliphatic heterocycles. The molecule has 1 aliphatic rings. The number of nitrogens with two attached hydrogens (primary N) is 1. The second kappa shape index (κ2) is 4.59. The summed E-state index contributed by atoms with van der Waals surface area (Å²) in [4.78, 5) is 11.1. The fraction of sp³-hybridized carbons (Fsp3) is 0.778. The summed E-state index contributed by atoms with van der Waals surface area (Å²) >= 11 is 5.06. The van der Waals surface area contributed by atoms with Gasteiger partial charge in [-0.15, -0.1) is 0 Å². The van der Waals surface area contributed by atoms with E-state index in [2.05, 4.69) is 10.6 Å². The van der Waals surface area contributed by atoms with Crippen LogP contribution in [-0.2, 0) is 4.79 Å². The standard InChI is InChI=1S/C9H17N3OS/c1-5(2)7(8(10)13)12-9(14)11-6-3-4-6/h5-7H,3-4H2,1-2H3,(H2,10,13)(H2,11,12,14). The Bertz CT molecular complexity index is 238. The summed E-state index contributed by atoms with van der Waals surface area (Å²) in [5, 5.41) is 6.57. The smallest absolute Gasteiger partial charge is 0.240 e. The van der Waals surface area contributed by atoms with E-state index >= 15 is 0 Å². The number of amides is 1. The highest BCUT2D eigenvalue weighted by Crippen LogP contribution is 2.18. The highest BCUT2D eigenvalue weighted by molar-refractivity contribution is 7.80. The summed E-state index contributed by atoms with van der Waals surface area (Å²) in [5.41, 5.74) is 5.24. The summed E-state index contributed by atoms with van der Waals surface area (Å²) in [7, 11) is 0. The first-order chi connectivity index (χ1) is 6.50. The van der Waals surface area contributed by atoms with Gasteiger partial charge in [0.2, 0.25) is 5.91 Å². The number of nitrogens with one attached hydrogen (secondary N) is 2. The third-order valence-corrected chi connectivity index (χ3v) is 2.41. The van der Waals surface area contributed by atoms with Crippen LogP contribution in [0.2, 0.25) is 0 Å². The van der Waals surface area contributed by atoms with Crippen LogP contribution in [0.3, 0.4) is 0 Å². The van der Waals surface area contributed by atoms with Gasteiger partial charge in [-0.3, -0.25) is 4.79 Å². The van der Waals surface area contributed by atoms with Crippen molar-refractivity contribution in [2.45, 2.75) is 38.8 Å². The minimum atomic E-state index is -0.381. The molecule has 0 spiro atoms. The predicted octanol–water partition coefficient (Wildman–Crippen LogP) is 0.123. The largest absolute Gasteiger partial charge is 0.368 e. The summed E-state index contributed by atoms with van der Waals surface area (Å²) in [6.45, 7) is 3.87. The van der Waals surface area contributed by atoms with E-state index in [0.717, 1.165) is 12.8 Å². The Kier molecular flexibility index (Phi) is 3.69. The van der Waals surface area contributed by atoms with Crippen molar-refractivity contribution >= 4 is 23.2 Å². The lowest BCUT2D eigenvalue weighted by molar-refractivity contribution is -0.120. The highest BCUT2D eigenvalue weighted by atomic mass is 32.1. The molecule has 1 unspecified atom stereocenters. The molecule has 4 N–H and O–H groups in total. The van der Waals surface area contributed by atoms with Crippen molar-refractivity contribution in [3.8, 4) is 0 Å². The highest BCUT2D eigenvalue weighted by Gasteiger charge is 2.25. The van der Waals surface area contributed by atoms with Crippen molar-refractivity contribution in [1.29, 1.82) is 0 Å². The normalized spacial score (nSPS) is 17.6. The van der Waals surface area contributed by atoms with Gasteiger partial charge in [0.15, 0.2) is 5.11 Å². The topological polar surface area (TPSA) is 67.2 Å². The van der Waals surface area contributed by atoms with Crippen LogP contribution in [0.4, 0.5) is 0 Å². The molecule has 0 radical (unpaired) electrons. The van der Waals surface area contributed by atoms with Gasteiger partial charge in [-0.05, 0) is 31.0 Å². The number of hydrogen-bond donors (Lipinski definition) is 3. The van der Waals surface area contributed by atoms with Gasteiger partial charge in [0.25, 0.3) is 0 Å². The molecule has 1 amide bonds. The van der Waals surface area contributed by atoms with E-state index in [1.54, 1.807) is 0 Å². The average Bonchev–Trinajstić information content (AvgIpc) is 2.82. The Morgan fingerprint density at radius 3 is 2.43 bits per heavy atom.